The molecule has 0 fully saturated rings. The van der Waals surface area contributed by atoms with E-state index in [1.807, 2.05) is 0 Å². The number of hydrogen-bond acceptors (Lipinski definition) is 1. The van der Waals surface area contributed by atoms with Crippen LogP contribution >= 0.6 is 0 Å². The minimum absolute atomic E-state index is 0.360. The van der Waals surface area contributed by atoms with Gasteiger partial charge in [-0.3, -0.25) is 0 Å². The summed E-state index contributed by atoms with van der Waals surface area (Å²) in [7, 11) is -2.84. The highest BCUT2D eigenvalue weighted by atomic mass is 28.3. The second-order valence-corrected chi connectivity index (χ2v) is 24.2. The number of hydrogen-bond donors (Lipinski definition) is 0. The maximum atomic E-state index is 2.58. The molecule has 4 aliphatic rings. The van der Waals surface area contributed by atoms with E-state index in [-0.39, 0.29) is 5.41 Å². The van der Waals surface area contributed by atoms with Crippen LogP contribution in [-0.4, -0.2) is 8.07 Å². The Morgan fingerprint density at radius 3 is 1.36 bits per heavy atom. The van der Waals surface area contributed by atoms with E-state index in [1.165, 1.54) is 110 Å². The molecule has 0 bridgehead atoms. The van der Waals surface area contributed by atoms with E-state index < -0.39 is 13.5 Å². The van der Waals surface area contributed by atoms with Crippen molar-refractivity contribution < 1.29 is 0 Å². The van der Waals surface area contributed by atoms with Gasteiger partial charge in [-0.05, 0) is 160 Å². The van der Waals surface area contributed by atoms with Crippen LogP contribution in [0.3, 0.4) is 0 Å². The van der Waals surface area contributed by atoms with Crippen molar-refractivity contribution >= 4 is 45.9 Å². The van der Waals surface area contributed by atoms with Crippen LogP contribution in [-0.2, 0) is 10.8 Å². The van der Waals surface area contributed by atoms with Gasteiger partial charge in [-0.25, -0.2) is 0 Å². The van der Waals surface area contributed by atoms with Crippen LogP contribution < -0.4 is 25.6 Å². The molecule has 0 amide bonds. The standard InChI is InChI=1S/C70H49NSi/c1-46-41-50(43-52(42-46)72(51-23-7-4-8-24-51)67-35-19-13-29-58(67)59-30-14-20-36-68(59)72)71(49-37-39-57-53-25-9-15-31-61(53)69(2,66(57)45-49)47-21-5-3-6-22-47)48-38-40-65-60(44-48)56-28-12-18-34-64(56)70(65)62-32-16-10-26-54(62)55-27-11-17-33-63(55)70/h3-45H,1-2H3. The number of fused-ring (bicyclic) bond motifs is 16. The van der Waals surface area contributed by atoms with Crippen molar-refractivity contribution in [3.05, 3.63) is 305 Å². The highest BCUT2D eigenvalue weighted by molar-refractivity contribution is 7.22. The minimum Gasteiger partial charge on any atom is -0.310 e. The molecule has 11 aromatic carbocycles. The fourth-order valence-electron chi connectivity index (χ4n) is 14.2. The molecule has 1 spiro atoms. The third-order valence-corrected chi connectivity index (χ3v) is 21.9. The van der Waals surface area contributed by atoms with E-state index in [4.69, 9.17) is 0 Å². The van der Waals surface area contributed by atoms with Gasteiger partial charge in [0.05, 0.1) is 5.41 Å². The van der Waals surface area contributed by atoms with Gasteiger partial charge in [-0.2, -0.15) is 0 Å². The normalized spacial score (nSPS) is 16.2. The van der Waals surface area contributed by atoms with Gasteiger partial charge in [0.2, 0.25) is 0 Å². The molecule has 1 atom stereocenters. The summed E-state index contributed by atoms with van der Waals surface area (Å²) >= 11 is 0. The van der Waals surface area contributed by atoms with Gasteiger partial charge in [0.15, 0.2) is 8.07 Å². The largest absolute Gasteiger partial charge is 0.310 e. The summed E-state index contributed by atoms with van der Waals surface area (Å²) < 4.78 is 0. The van der Waals surface area contributed by atoms with E-state index in [0.29, 0.717) is 0 Å². The Morgan fingerprint density at radius 1 is 0.306 bits per heavy atom. The van der Waals surface area contributed by atoms with E-state index in [0.717, 1.165) is 17.1 Å². The Hall–Kier alpha value is -8.56. The molecule has 0 radical (unpaired) electrons. The van der Waals surface area contributed by atoms with Crippen LogP contribution in [0.4, 0.5) is 17.1 Å². The second kappa shape index (κ2) is 15.2. The lowest BCUT2D eigenvalue weighted by Gasteiger charge is -2.34. The van der Waals surface area contributed by atoms with Crippen molar-refractivity contribution in [3.8, 4) is 44.5 Å². The Labute approximate surface area is 423 Å². The SMILES string of the molecule is Cc1cc(N(c2ccc3c(c2)-c2ccccc2C32c3ccccc3-c3ccccc32)c2ccc3c(c2)C(C)(c2ccccc2)c2ccccc2-3)cc([Si]2(c3ccccc3)c3ccccc3-c3ccccc32)c1. The fraction of sp³-hybridized carbons (Fsp3) is 0.0571. The van der Waals surface area contributed by atoms with Gasteiger partial charge in [0.1, 0.15) is 0 Å². The summed E-state index contributed by atoms with van der Waals surface area (Å²) in [5.41, 5.74) is 23.8. The molecule has 15 rings (SSSR count). The molecule has 0 saturated carbocycles. The first kappa shape index (κ1) is 41.2. The summed E-state index contributed by atoms with van der Waals surface area (Å²) in [6.07, 6.45) is 0. The maximum Gasteiger partial charge on any atom is 0.180 e. The van der Waals surface area contributed by atoms with Gasteiger partial charge < -0.3 is 4.90 Å². The number of rotatable bonds is 6. The summed E-state index contributed by atoms with van der Waals surface area (Å²) in [5, 5.41) is 5.69. The number of benzene rings is 11. The first-order valence-electron chi connectivity index (χ1n) is 25.4. The Balaban J connectivity index is 1.01. The van der Waals surface area contributed by atoms with Crippen molar-refractivity contribution in [2.24, 2.45) is 0 Å². The van der Waals surface area contributed by atoms with Crippen LogP contribution in [0, 0.1) is 6.92 Å². The first-order valence-corrected chi connectivity index (χ1v) is 27.4. The molecule has 1 heterocycles. The number of nitrogens with zero attached hydrogens (tertiary/aromatic N) is 1. The van der Waals surface area contributed by atoms with Crippen LogP contribution in [0.2, 0.25) is 0 Å². The van der Waals surface area contributed by atoms with Gasteiger partial charge in [-0.15, -0.1) is 0 Å². The molecule has 1 nitrogen and oxygen atoms in total. The van der Waals surface area contributed by atoms with E-state index in [9.17, 15) is 0 Å². The monoisotopic (exact) mass is 931 g/mol. The smallest absolute Gasteiger partial charge is 0.180 e. The highest BCUT2D eigenvalue weighted by Crippen LogP contribution is 2.63. The van der Waals surface area contributed by atoms with Gasteiger partial charge in [0.25, 0.3) is 0 Å². The molecular formula is C70H49NSi. The Morgan fingerprint density at radius 2 is 0.750 bits per heavy atom. The van der Waals surface area contributed by atoms with Gasteiger partial charge in [0, 0.05) is 22.5 Å². The fourth-order valence-corrected chi connectivity index (χ4v) is 19.5. The summed E-state index contributed by atoms with van der Waals surface area (Å²) in [6.45, 7) is 4.73. The molecule has 3 aliphatic carbocycles. The lowest BCUT2D eigenvalue weighted by atomic mass is 9.70. The minimum atomic E-state index is -2.84. The Kier molecular flexibility index (Phi) is 8.72. The zero-order chi connectivity index (χ0) is 47.8. The zero-order valence-corrected chi connectivity index (χ0v) is 41.3. The topological polar surface area (TPSA) is 3.24 Å². The summed E-state index contributed by atoms with van der Waals surface area (Å²) in [4.78, 5) is 2.58. The molecule has 1 unspecified atom stereocenters. The second-order valence-electron chi connectivity index (χ2n) is 20.5. The highest BCUT2D eigenvalue weighted by Gasteiger charge is 2.52. The molecular weight excluding hydrogens is 883 g/mol. The number of aryl methyl sites for hydroxylation is 1. The molecule has 0 saturated heterocycles. The predicted molar refractivity (Wildman–Crippen MR) is 302 cm³/mol. The van der Waals surface area contributed by atoms with Crippen LogP contribution in [0.1, 0.15) is 51.4 Å². The van der Waals surface area contributed by atoms with Crippen LogP contribution in [0.15, 0.2) is 261 Å². The van der Waals surface area contributed by atoms with E-state index in [1.54, 1.807) is 0 Å². The van der Waals surface area contributed by atoms with Crippen molar-refractivity contribution in [1.82, 2.24) is 0 Å². The molecule has 338 valence electrons. The van der Waals surface area contributed by atoms with Crippen LogP contribution in [0.25, 0.3) is 44.5 Å². The third kappa shape index (κ3) is 5.32. The van der Waals surface area contributed by atoms with E-state index >= 15 is 0 Å². The molecule has 0 N–H and O–H groups in total. The average molecular weight is 932 g/mol. The van der Waals surface area contributed by atoms with Crippen molar-refractivity contribution in [2.75, 3.05) is 4.90 Å². The molecule has 2 heteroatoms. The summed E-state index contributed by atoms with van der Waals surface area (Å²) in [5.74, 6) is 0. The predicted octanol–water partition coefficient (Wildman–Crippen LogP) is 14.5. The first-order chi connectivity index (χ1) is 35.5. The lowest BCUT2D eigenvalue weighted by Crippen LogP contribution is -2.72. The van der Waals surface area contributed by atoms with Crippen molar-refractivity contribution in [2.45, 2.75) is 24.7 Å². The molecule has 0 aromatic heterocycles. The number of anilines is 3. The summed E-state index contributed by atoms with van der Waals surface area (Å²) in [6, 6.07) is 99.6. The molecule has 1 aliphatic heterocycles. The van der Waals surface area contributed by atoms with Crippen molar-refractivity contribution in [1.29, 1.82) is 0 Å². The molecule has 11 aromatic rings. The lowest BCUT2D eigenvalue weighted by molar-refractivity contribution is 0.714. The third-order valence-electron chi connectivity index (χ3n) is 17.1. The average Bonchev–Trinajstić information content (AvgIpc) is 4.11. The van der Waals surface area contributed by atoms with Crippen LogP contribution in [0.5, 0.6) is 0 Å². The quantitative estimate of drug-likeness (QED) is 0.150. The van der Waals surface area contributed by atoms with E-state index in [2.05, 4.69) is 280 Å². The maximum absolute atomic E-state index is 2.84. The van der Waals surface area contributed by atoms with Gasteiger partial charge in [-0.1, -0.05) is 224 Å². The Bertz CT molecular complexity index is 3950. The van der Waals surface area contributed by atoms with Gasteiger partial charge >= 0.3 is 0 Å². The molecule has 72 heavy (non-hydrogen) atoms. The zero-order valence-electron chi connectivity index (χ0n) is 40.3. The van der Waals surface area contributed by atoms with Crippen molar-refractivity contribution in [3.63, 3.8) is 0 Å².